The molecule has 2 aromatic rings. The van der Waals surface area contributed by atoms with Gasteiger partial charge in [-0.25, -0.2) is 4.79 Å². The Hall–Kier alpha value is -3.09. The Labute approximate surface area is 130 Å². The van der Waals surface area contributed by atoms with Gasteiger partial charge in [0.1, 0.15) is 17.9 Å². The number of aryl methyl sites for hydroxylation is 1. The van der Waals surface area contributed by atoms with Crippen LogP contribution in [0, 0.1) is 6.92 Å². The van der Waals surface area contributed by atoms with Crippen molar-refractivity contribution in [3.05, 3.63) is 63.1 Å². The molecular weight excluding hydrogens is 302 g/mol. The van der Waals surface area contributed by atoms with Crippen LogP contribution in [0.5, 0.6) is 5.75 Å². The molecule has 2 N–H and O–H groups in total. The maximum absolute atomic E-state index is 12.6. The lowest BCUT2D eigenvalue weighted by Crippen LogP contribution is -2.30. The van der Waals surface area contributed by atoms with E-state index in [9.17, 15) is 19.5 Å². The minimum atomic E-state index is -1.18. The Morgan fingerprint density at radius 1 is 1.30 bits per heavy atom. The molecule has 0 aliphatic carbocycles. The summed E-state index contributed by atoms with van der Waals surface area (Å²) in [7, 11) is 0. The van der Waals surface area contributed by atoms with E-state index in [0.717, 1.165) is 4.57 Å². The molecule has 0 saturated heterocycles. The molecule has 3 rings (SSSR count). The fraction of sp³-hybridized carbons (Fsp3) is 0.188. The van der Waals surface area contributed by atoms with Crippen molar-refractivity contribution in [2.75, 3.05) is 0 Å². The number of fused-ring (bicyclic) bond motifs is 1. The van der Waals surface area contributed by atoms with E-state index in [-0.39, 0.29) is 11.3 Å². The second-order valence-electron chi connectivity index (χ2n) is 5.24. The zero-order valence-corrected chi connectivity index (χ0v) is 12.1. The lowest BCUT2D eigenvalue weighted by molar-refractivity contribution is -0.137. The summed E-state index contributed by atoms with van der Waals surface area (Å²) < 4.78 is 6.24. The van der Waals surface area contributed by atoms with Crippen LogP contribution in [-0.4, -0.2) is 26.7 Å². The molecule has 1 unspecified atom stereocenters. The third-order valence-electron chi connectivity index (χ3n) is 3.77. The molecule has 1 aromatic carbocycles. The van der Waals surface area contributed by atoms with Crippen LogP contribution in [-0.2, 0) is 16.1 Å². The Balaban J connectivity index is 2.20. The second kappa shape index (κ2) is 5.28. The van der Waals surface area contributed by atoms with E-state index in [0.29, 0.717) is 16.8 Å². The predicted molar refractivity (Wildman–Crippen MR) is 78.4 cm³/mol. The minimum Gasteiger partial charge on any atom is -0.507 e. The molecule has 1 aliphatic heterocycles. The molecule has 0 bridgehead atoms. The molecule has 1 aromatic heterocycles. The molecule has 118 valence electrons. The van der Waals surface area contributed by atoms with Gasteiger partial charge in [0.15, 0.2) is 6.10 Å². The zero-order chi connectivity index (χ0) is 16.7. The number of pyridine rings is 1. The summed E-state index contributed by atoms with van der Waals surface area (Å²) >= 11 is 0. The minimum absolute atomic E-state index is 0.143. The van der Waals surface area contributed by atoms with Gasteiger partial charge >= 0.3 is 11.9 Å². The largest absolute Gasteiger partial charge is 0.507 e. The predicted octanol–water partition coefficient (Wildman–Crippen LogP) is 1.21. The Morgan fingerprint density at radius 2 is 2.00 bits per heavy atom. The average molecular weight is 315 g/mol. The summed E-state index contributed by atoms with van der Waals surface area (Å²) in [6, 6.07) is 7.84. The Kier molecular flexibility index (Phi) is 3.40. The van der Waals surface area contributed by atoms with E-state index in [4.69, 9.17) is 9.84 Å². The van der Waals surface area contributed by atoms with Gasteiger partial charge in [-0.3, -0.25) is 9.59 Å². The van der Waals surface area contributed by atoms with Crippen molar-refractivity contribution in [2.24, 2.45) is 0 Å². The van der Waals surface area contributed by atoms with Crippen molar-refractivity contribution >= 4 is 11.9 Å². The molecule has 0 fully saturated rings. The number of aromatic hydroxyl groups is 1. The Bertz CT molecular complexity index is 883. The van der Waals surface area contributed by atoms with Crippen molar-refractivity contribution in [2.45, 2.75) is 19.6 Å². The van der Waals surface area contributed by atoms with Gasteiger partial charge in [-0.2, -0.15) is 0 Å². The van der Waals surface area contributed by atoms with Crippen molar-refractivity contribution in [1.29, 1.82) is 0 Å². The normalized spacial score (nSPS) is 16.0. The van der Waals surface area contributed by atoms with Gasteiger partial charge < -0.3 is 19.5 Å². The van der Waals surface area contributed by atoms with Crippen LogP contribution in [0.3, 0.4) is 0 Å². The molecule has 0 saturated carbocycles. The number of hydrogen-bond donors (Lipinski definition) is 2. The summed E-state index contributed by atoms with van der Waals surface area (Å²) in [5, 5.41) is 19.1. The topological polar surface area (TPSA) is 106 Å². The van der Waals surface area contributed by atoms with E-state index in [2.05, 4.69) is 0 Å². The van der Waals surface area contributed by atoms with E-state index >= 15 is 0 Å². The maximum Gasteiger partial charge on any atom is 0.339 e. The van der Waals surface area contributed by atoms with Crippen LogP contribution in [0.15, 0.2) is 35.1 Å². The molecule has 7 heteroatoms. The first-order chi connectivity index (χ1) is 10.9. The molecule has 0 spiro atoms. The molecule has 2 heterocycles. The summed E-state index contributed by atoms with van der Waals surface area (Å²) in [5.74, 6) is -2.10. The van der Waals surface area contributed by atoms with Crippen LogP contribution in [0.4, 0.5) is 0 Å². The van der Waals surface area contributed by atoms with Crippen LogP contribution in [0.25, 0.3) is 0 Å². The molecule has 0 amide bonds. The lowest BCUT2D eigenvalue weighted by Gasteiger charge is -2.16. The lowest BCUT2D eigenvalue weighted by atomic mass is 9.99. The third kappa shape index (κ3) is 2.36. The van der Waals surface area contributed by atoms with Crippen LogP contribution in [0.1, 0.15) is 33.3 Å². The number of aromatic nitrogens is 1. The Morgan fingerprint density at radius 3 is 2.70 bits per heavy atom. The molecular formula is C16H13NO6. The van der Waals surface area contributed by atoms with Crippen molar-refractivity contribution in [3.63, 3.8) is 0 Å². The van der Waals surface area contributed by atoms with Crippen LogP contribution < -0.4 is 5.56 Å². The van der Waals surface area contributed by atoms with Crippen LogP contribution in [0.2, 0.25) is 0 Å². The smallest absolute Gasteiger partial charge is 0.339 e. The summed E-state index contributed by atoms with van der Waals surface area (Å²) in [5.41, 5.74) is 0.253. The van der Waals surface area contributed by atoms with E-state index in [1.54, 1.807) is 24.3 Å². The first-order valence-electron chi connectivity index (χ1n) is 6.85. The summed E-state index contributed by atoms with van der Waals surface area (Å²) in [6.07, 6.45) is -1.05. The number of hydrogen-bond acceptors (Lipinski definition) is 5. The van der Waals surface area contributed by atoms with Gasteiger partial charge in [0.05, 0.1) is 5.56 Å². The van der Waals surface area contributed by atoms with Crippen molar-refractivity contribution < 1.29 is 24.5 Å². The van der Waals surface area contributed by atoms with Crippen LogP contribution >= 0.6 is 0 Å². The van der Waals surface area contributed by atoms with E-state index in [1.165, 1.54) is 13.0 Å². The molecule has 23 heavy (non-hydrogen) atoms. The van der Waals surface area contributed by atoms with Gasteiger partial charge in [0.2, 0.25) is 0 Å². The van der Waals surface area contributed by atoms with Gasteiger partial charge in [-0.05, 0) is 19.1 Å². The molecule has 0 radical (unpaired) electrons. The fourth-order valence-electron chi connectivity index (χ4n) is 2.71. The second-order valence-corrected chi connectivity index (χ2v) is 5.24. The van der Waals surface area contributed by atoms with Gasteiger partial charge in [-0.15, -0.1) is 0 Å². The number of aliphatic carboxylic acids is 1. The average Bonchev–Trinajstić information content (AvgIpc) is 2.81. The molecule has 7 nitrogen and oxygen atoms in total. The number of carbonyl (C=O) groups is 2. The summed E-state index contributed by atoms with van der Waals surface area (Å²) in [6.45, 7) is 0.975. The van der Waals surface area contributed by atoms with E-state index < -0.39 is 30.1 Å². The number of nitrogens with zero attached hydrogens (tertiary/aromatic N) is 1. The van der Waals surface area contributed by atoms with Gasteiger partial charge in [0.25, 0.3) is 5.56 Å². The van der Waals surface area contributed by atoms with Gasteiger partial charge in [-0.1, -0.05) is 18.2 Å². The number of carbonyl (C=O) groups excluding carboxylic acids is 1. The highest BCUT2D eigenvalue weighted by atomic mass is 16.5. The highest BCUT2D eigenvalue weighted by Crippen LogP contribution is 2.37. The maximum atomic E-state index is 12.6. The number of carboxylic acids is 1. The fourth-order valence-corrected chi connectivity index (χ4v) is 2.71. The highest BCUT2D eigenvalue weighted by molar-refractivity contribution is 5.94. The van der Waals surface area contributed by atoms with Gasteiger partial charge in [0, 0.05) is 11.3 Å². The highest BCUT2D eigenvalue weighted by Gasteiger charge is 2.36. The standard InChI is InChI=1S/C16H13NO6/c1-8-6-11(18)13(15(21)17(8)7-12(19)20)14-9-4-2-3-5-10(9)16(22)23-14/h2-6,14,18H,7H2,1H3,(H,19,20). The zero-order valence-electron chi connectivity index (χ0n) is 12.1. The third-order valence-corrected chi connectivity index (χ3v) is 3.77. The quantitative estimate of drug-likeness (QED) is 0.825. The number of ether oxygens (including phenoxy) is 1. The number of cyclic esters (lactones) is 1. The number of benzene rings is 1. The van der Waals surface area contributed by atoms with E-state index in [1.807, 2.05) is 0 Å². The molecule has 1 aliphatic rings. The number of rotatable bonds is 3. The van der Waals surface area contributed by atoms with Crippen molar-refractivity contribution in [1.82, 2.24) is 4.57 Å². The van der Waals surface area contributed by atoms with Crippen molar-refractivity contribution in [3.8, 4) is 5.75 Å². The SMILES string of the molecule is Cc1cc(O)c(C2OC(=O)c3ccccc32)c(=O)n1CC(=O)O. The first-order valence-corrected chi connectivity index (χ1v) is 6.85. The number of carboxylic acid groups (broad SMARTS) is 1. The molecule has 1 atom stereocenters. The first kappa shape index (κ1) is 14.8. The monoisotopic (exact) mass is 315 g/mol. The number of esters is 1. The summed E-state index contributed by atoms with van der Waals surface area (Å²) in [4.78, 5) is 35.4.